The van der Waals surface area contributed by atoms with Crippen LogP contribution in [0.3, 0.4) is 0 Å². The van der Waals surface area contributed by atoms with Gasteiger partial charge in [0.25, 0.3) is 5.91 Å². The SMILES string of the molecule is CC(C)N1CCC(N(C)C(=O)c2ccc(-n3cccn3)c(C#Cc3cccnc3)c2)CC1. The number of piperidine rings is 1. The molecule has 1 saturated heterocycles. The first-order valence-corrected chi connectivity index (χ1v) is 11.1. The zero-order valence-electron chi connectivity index (χ0n) is 18.9. The minimum absolute atomic E-state index is 0.0319. The van der Waals surface area contributed by atoms with Gasteiger partial charge in [-0.2, -0.15) is 5.10 Å². The van der Waals surface area contributed by atoms with Crippen molar-refractivity contribution in [1.29, 1.82) is 0 Å². The average Bonchev–Trinajstić information content (AvgIpc) is 3.37. The van der Waals surface area contributed by atoms with E-state index < -0.39 is 0 Å². The van der Waals surface area contributed by atoms with E-state index in [9.17, 15) is 4.79 Å². The third-order valence-corrected chi connectivity index (χ3v) is 6.10. The molecule has 0 unspecified atom stereocenters. The largest absolute Gasteiger partial charge is 0.339 e. The van der Waals surface area contributed by atoms with Crippen LogP contribution in [0.5, 0.6) is 0 Å². The van der Waals surface area contributed by atoms with E-state index in [1.165, 1.54) is 0 Å². The molecule has 0 spiro atoms. The summed E-state index contributed by atoms with van der Waals surface area (Å²) in [6, 6.07) is 12.1. The molecule has 3 heterocycles. The molecule has 2 aromatic heterocycles. The molecule has 1 aromatic carbocycles. The Balaban J connectivity index is 1.59. The van der Waals surface area contributed by atoms with E-state index >= 15 is 0 Å². The number of carbonyl (C=O) groups is 1. The van der Waals surface area contributed by atoms with Gasteiger partial charge in [0.15, 0.2) is 0 Å². The van der Waals surface area contributed by atoms with Gasteiger partial charge in [0.1, 0.15) is 0 Å². The van der Waals surface area contributed by atoms with Crippen molar-refractivity contribution in [2.45, 2.75) is 38.8 Å². The van der Waals surface area contributed by atoms with Crippen molar-refractivity contribution in [2.24, 2.45) is 0 Å². The summed E-state index contributed by atoms with van der Waals surface area (Å²) in [6.07, 6.45) is 9.06. The van der Waals surface area contributed by atoms with E-state index in [0.717, 1.165) is 42.7 Å². The Morgan fingerprint density at radius 3 is 2.59 bits per heavy atom. The summed E-state index contributed by atoms with van der Waals surface area (Å²) in [5.41, 5.74) is 3.07. The molecular formula is C26H29N5O. The fourth-order valence-electron chi connectivity index (χ4n) is 4.12. The van der Waals surface area contributed by atoms with Gasteiger partial charge in [0.05, 0.1) is 11.3 Å². The summed E-state index contributed by atoms with van der Waals surface area (Å²) < 4.78 is 1.77. The number of aromatic nitrogens is 3. The van der Waals surface area contributed by atoms with Crippen molar-refractivity contribution < 1.29 is 4.79 Å². The van der Waals surface area contributed by atoms with E-state index in [-0.39, 0.29) is 11.9 Å². The van der Waals surface area contributed by atoms with Crippen molar-refractivity contribution in [3.63, 3.8) is 0 Å². The highest BCUT2D eigenvalue weighted by atomic mass is 16.2. The molecule has 1 amide bonds. The molecule has 6 heteroatoms. The molecule has 0 atom stereocenters. The number of pyridine rings is 1. The molecular weight excluding hydrogens is 398 g/mol. The fraction of sp³-hybridized carbons (Fsp3) is 0.346. The van der Waals surface area contributed by atoms with Gasteiger partial charge in [0, 0.05) is 68.1 Å². The summed E-state index contributed by atoms with van der Waals surface area (Å²) in [5.74, 6) is 6.41. The Hall–Kier alpha value is -3.43. The van der Waals surface area contributed by atoms with Crippen LogP contribution in [0.2, 0.25) is 0 Å². The van der Waals surface area contributed by atoms with Gasteiger partial charge in [-0.15, -0.1) is 0 Å². The normalized spacial score (nSPS) is 14.8. The Kier molecular flexibility index (Phi) is 6.67. The van der Waals surface area contributed by atoms with Crippen LogP contribution >= 0.6 is 0 Å². The summed E-state index contributed by atoms with van der Waals surface area (Å²) in [7, 11) is 1.92. The first-order chi connectivity index (χ1) is 15.5. The van der Waals surface area contributed by atoms with Crippen LogP contribution in [0, 0.1) is 11.8 Å². The Morgan fingerprint density at radius 2 is 1.94 bits per heavy atom. The molecule has 1 aliphatic heterocycles. The van der Waals surface area contributed by atoms with Crippen LogP contribution in [0.25, 0.3) is 5.69 Å². The third kappa shape index (κ3) is 4.90. The quantitative estimate of drug-likeness (QED) is 0.597. The molecule has 6 nitrogen and oxygen atoms in total. The number of likely N-dealkylation sites (tertiary alicyclic amines) is 1. The zero-order chi connectivity index (χ0) is 22.5. The molecule has 0 saturated carbocycles. The van der Waals surface area contributed by atoms with Gasteiger partial charge >= 0.3 is 0 Å². The number of benzene rings is 1. The van der Waals surface area contributed by atoms with Crippen LogP contribution in [-0.4, -0.2) is 62.7 Å². The van der Waals surface area contributed by atoms with Crippen LogP contribution in [0.1, 0.15) is 48.2 Å². The molecule has 0 N–H and O–H groups in total. The van der Waals surface area contributed by atoms with Gasteiger partial charge in [0.2, 0.25) is 0 Å². The van der Waals surface area contributed by atoms with Crippen molar-refractivity contribution in [2.75, 3.05) is 20.1 Å². The van der Waals surface area contributed by atoms with Crippen LogP contribution in [0.15, 0.2) is 61.2 Å². The first-order valence-electron chi connectivity index (χ1n) is 11.1. The maximum Gasteiger partial charge on any atom is 0.253 e. The lowest BCUT2D eigenvalue weighted by Gasteiger charge is -2.38. The fourth-order valence-corrected chi connectivity index (χ4v) is 4.12. The number of nitrogens with zero attached hydrogens (tertiary/aromatic N) is 5. The van der Waals surface area contributed by atoms with Crippen molar-refractivity contribution >= 4 is 5.91 Å². The molecule has 164 valence electrons. The Morgan fingerprint density at radius 1 is 1.12 bits per heavy atom. The Bertz CT molecular complexity index is 1100. The number of hydrogen-bond donors (Lipinski definition) is 0. The summed E-state index contributed by atoms with van der Waals surface area (Å²) >= 11 is 0. The standard InChI is InChI=1S/C26H29N5O/c1-20(2)30-16-11-24(12-17-30)29(3)26(32)23-9-10-25(31-15-5-14-28-31)22(18-23)8-7-21-6-4-13-27-19-21/h4-6,9-10,13-15,18-20,24H,11-12,16-17H2,1-3H3. The third-order valence-electron chi connectivity index (χ3n) is 6.10. The maximum absolute atomic E-state index is 13.3. The van der Waals surface area contributed by atoms with Crippen LogP contribution < -0.4 is 0 Å². The van der Waals surface area contributed by atoms with Gasteiger partial charge in [-0.3, -0.25) is 9.78 Å². The number of rotatable bonds is 4. The van der Waals surface area contributed by atoms with Gasteiger partial charge in [-0.05, 0) is 63.1 Å². The van der Waals surface area contributed by atoms with E-state index in [1.54, 1.807) is 23.3 Å². The average molecular weight is 428 g/mol. The second kappa shape index (κ2) is 9.80. The molecule has 32 heavy (non-hydrogen) atoms. The van der Waals surface area contributed by atoms with Gasteiger partial charge in [-0.1, -0.05) is 11.8 Å². The maximum atomic E-state index is 13.3. The molecule has 1 fully saturated rings. The first kappa shape index (κ1) is 21.8. The van der Waals surface area contributed by atoms with E-state index in [0.29, 0.717) is 11.6 Å². The van der Waals surface area contributed by atoms with Gasteiger partial charge in [-0.25, -0.2) is 4.68 Å². The Labute approximate surface area is 189 Å². The van der Waals surface area contributed by atoms with Crippen molar-refractivity contribution in [3.05, 3.63) is 77.9 Å². The highest BCUT2D eigenvalue weighted by Crippen LogP contribution is 2.21. The van der Waals surface area contributed by atoms with E-state index in [2.05, 4.69) is 40.7 Å². The molecule has 3 aromatic rings. The molecule has 4 rings (SSSR count). The summed E-state index contributed by atoms with van der Waals surface area (Å²) in [5, 5.41) is 4.34. The minimum Gasteiger partial charge on any atom is -0.339 e. The van der Waals surface area contributed by atoms with E-state index in [1.807, 2.05) is 54.5 Å². The highest BCUT2D eigenvalue weighted by molar-refractivity contribution is 5.95. The second-order valence-electron chi connectivity index (χ2n) is 8.45. The topological polar surface area (TPSA) is 54.3 Å². The lowest BCUT2D eigenvalue weighted by molar-refractivity contribution is 0.0615. The number of amides is 1. The van der Waals surface area contributed by atoms with Crippen molar-refractivity contribution in [1.82, 2.24) is 24.6 Å². The highest BCUT2D eigenvalue weighted by Gasteiger charge is 2.27. The predicted octanol–water partition coefficient (Wildman–Crippen LogP) is 3.61. The van der Waals surface area contributed by atoms with Gasteiger partial charge < -0.3 is 9.80 Å². The molecule has 0 bridgehead atoms. The van der Waals surface area contributed by atoms with Crippen molar-refractivity contribution in [3.8, 4) is 17.5 Å². The summed E-state index contributed by atoms with van der Waals surface area (Å²) in [4.78, 5) is 21.8. The molecule has 1 aliphatic rings. The number of carbonyl (C=O) groups excluding carboxylic acids is 1. The van der Waals surface area contributed by atoms with Crippen LogP contribution in [0.4, 0.5) is 0 Å². The molecule has 0 aliphatic carbocycles. The van der Waals surface area contributed by atoms with Crippen LogP contribution in [-0.2, 0) is 0 Å². The lowest BCUT2D eigenvalue weighted by Crippen LogP contribution is -2.47. The number of hydrogen-bond acceptors (Lipinski definition) is 4. The smallest absolute Gasteiger partial charge is 0.253 e. The monoisotopic (exact) mass is 427 g/mol. The minimum atomic E-state index is 0.0319. The molecule has 0 radical (unpaired) electrons. The lowest BCUT2D eigenvalue weighted by atomic mass is 10.0. The second-order valence-corrected chi connectivity index (χ2v) is 8.45. The van der Waals surface area contributed by atoms with E-state index in [4.69, 9.17) is 0 Å². The predicted molar refractivity (Wildman–Crippen MR) is 126 cm³/mol. The summed E-state index contributed by atoms with van der Waals surface area (Å²) in [6.45, 7) is 6.51. The zero-order valence-corrected chi connectivity index (χ0v) is 18.9.